The van der Waals surface area contributed by atoms with Crippen LogP contribution in [0.3, 0.4) is 0 Å². The lowest BCUT2D eigenvalue weighted by atomic mass is 10.3. The Bertz CT molecular complexity index is 394. The zero-order chi connectivity index (χ0) is 13.4. The molecule has 98 valence electrons. The van der Waals surface area contributed by atoms with Crippen LogP contribution in [0.15, 0.2) is 42.0 Å². The molecule has 18 heavy (non-hydrogen) atoms. The Morgan fingerprint density at radius 3 is 2.56 bits per heavy atom. The molecule has 0 atom stereocenters. The van der Waals surface area contributed by atoms with E-state index in [1.54, 1.807) is 6.08 Å². The molecule has 1 aromatic carbocycles. The number of hydrogen-bond donors (Lipinski definition) is 1. The van der Waals surface area contributed by atoms with Gasteiger partial charge in [0.25, 0.3) is 0 Å². The van der Waals surface area contributed by atoms with Crippen molar-refractivity contribution in [1.82, 2.24) is 5.32 Å². The Morgan fingerprint density at radius 2 is 1.94 bits per heavy atom. The molecule has 0 heterocycles. The van der Waals surface area contributed by atoms with Crippen molar-refractivity contribution in [3.05, 3.63) is 42.0 Å². The Balaban J connectivity index is 2.23. The van der Waals surface area contributed by atoms with Gasteiger partial charge >= 0.3 is 0 Å². The third kappa shape index (κ3) is 5.53. The minimum atomic E-state index is -0.00244. The van der Waals surface area contributed by atoms with Crippen LogP contribution in [0, 0.1) is 0 Å². The predicted octanol–water partition coefficient (Wildman–Crippen LogP) is 2.60. The Morgan fingerprint density at radius 1 is 1.28 bits per heavy atom. The molecule has 0 fully saturated rings. The fourth-order valence-corrected chi connectivity index (χ4v) is 1.65. The molecule has 0 spiro atoms. The molecule has 0 bridgehead atoms. The second kappa shape index (κ2) is 7.54. The summed E-state index contributed by atoms with van der Waals surface area (Å²) in [7, 11) is 2.06. The molecule has 0 aromatic heterocycles. The summed E-state index contributed by atoms with van der Waals surface area (Å²) < 4.78 is 0. The highest BCUT2D eigenvalue weighted by atomic mass is 16.1. The van der Waals surface area contributed by atoms with Gasteiger partial charge in [0, 0.05) is 31.9 Å². The van der Waals surface area contributed by atoms with Gasteiger partial charge < -0.3 is 10.2 Å². The Kier molecular flexibility index (Phi) is 5.98. The lowest BCUT2D eigenvalue weighted by Crippen LogP contribution is -2.27. The molecule has 1 rings (SSSR count). The van der Waals surface area contributed by atoms with Gasteiger partial charge in [0.1, 0.15) is 0 Å². The van der Waals surface area contributed by atoms with Crippen LogP contribution in [-0.2, 0) is 4.79 Å². The van der Waals surface area contributed by atoms with E-state index in [0.29, 0.717) is 6.54 Å². The topological polar surface area (TPSA) is 32.3 Å². The van der Waals surface area contributed by atoms with Crippen molar-refractivity contribution in [3.63, 3.8) is 0 Å². The molecule has 0 radical (unpaired) electrons. The highest BCUT2D eigenvalue weighted by Crippen LogP contribution is 2.10. The van der Waals surface area contributed by atoms with Crippen LogP contribution in [0.1, 0.15) is 20.3 Å². The van der Waals surface area contributed by atoms with Gasteiger partial charge in [0.05, 0.1) is 0 Å². The number of hydrogen-bond acceptors (Lipinski definition) is 2. The zero-order valence-electron chi connectivity index (χ0n) is 11.4. The number of carbonyl (C=O) groups is 1. The van der Waals surface area contributed by atoms with Crippen LogP contribution in [0.2, 0.25) is 0 Å². The van der Waals surface area contributed by atoms with Crippen LogP contribution < -0.4 is 10.2 Å². The molecule has 1 amide bonds. The number of nitrogens with zero attached hydrogens (tertiary/aromatic N) is 1. The van der Waals surface area contributed by atoms with Gasteiger partial charge in [-0.15, -0.1) is 0 Å². The molecule has 0 aliphatic carbocycles. The summed E-state index contributed by atoms with van der Waals surface area (Å²) in [5.41, 5.74) is 2.22. The number of anilines is 1. The van der Waals surface area contributed by atoms with Crippen LogP contribution in [0.5, 0.6) is 0 Å². The normalized spacial score (nSPS) is 9.72. The van der Waals surface area contributed by atoms with Gasteiger partial charge in [-0.25, -0.2) is 0 Å². The maximum Gasteiger partial charge on any atom is 0.243 e. The first-order valence-electron chi connectivity index (χ1n) is 6.28. The number of amides is 1. The average molecular weight is 246 g/mol. The molecule has 0 unspecified atom stereocenters. The average Bonchev–Trinajstić information content (AvgIpc) is 2.34. The van der Waals surface area contributed by atoms with Gasteiger partial charge in [-0.2, -0.15) is 0 Å². The molecule has 0 aliphatic rings. The second-order valence-electron chi connectivity index (χ2n) is 4.62. The third-order valence-corrected chi connectivity index (χ3v) is 2.59. The number of para-hydroxylation sites is 1. The standard InChI is InChI=1S/C15H22N2O/c1-13(2)12-15(18)16-10-7-11-17(3)14-8-5-4-6-9-14/h4-6,8-9,12H,7,10-11H2,1-3H3,(H,16,18). The van der Waals surface area contributed by atoms with Crippen molar-refractivity contribution in [3.8, 4) is 0 Å². The molecule has 0 aliphatic heterocycles. The first kappa shape index (κ1) is 14.3. The molecule has 0 saturated heterocycles. The maximum absolute atomic E-state index is 11.4. The second-order valence-corrected chi connectivity index (χ2v) is 4.62. The van der Waals surface area contributed by atoms with E-state index in [0.717, 1.165) is 18.5 Å². The predicted molar refractivity (Wildman–Crippen MR) is 76.8 cm³/mol. The summed E-state index contributed by atoms with van der Waals surface area (Å²) >= 11 is 0. The largest absolute Gasteiger partial charge is 0.375 e. The van der Waals surface area contributed by atoms with Crippen LogP contribution >= 0.6 is 0 Å². The van der Waals surface area contributed by atoms with Gasteiger partial charge in [-0.05, 0) is 32.4 Å². The summed E-state index contributed by atoms with van der Waals surface area (Å²) in [6.45, 7) is 5.48. The summed E-state index contributed by atoms with van der Waals surface area (Å²) in [6.07, 6.45) is 2.56. The van der Waals surface area contributed by atoms with Crippen LogP contribution in [-0.4, -0.2) is 26.0 Å². The van der Waals surface area contributed by atoms with E-state index in [9.17, 15) is 4.79 Å². The van der Waals surface area contributed by atoms with Crippen LogP contribution in [0.25, 0.3) is 0 Å². The number of benzene rings is 1. The summed E-state index contributed by atoms with van der Waals surface area (Å²) in [6, 6.07) is 10.2. The summed E-state index contributed by atoms with van der Waals surface area (Å²) in [5.74, 6) is -0.00244. The van der Waals surface area contributed by atoms with Crippen molar-refractivity contribution in [2.45, 2.75) is 20.3 Å². The van der Waals surface area contributed by atoms with E-state index in [1.165, 1.54) is 5.69 Å². The van der Waals surface area contributed by atoms with Gasteiger partial charge in [-0.1, -0.05) is 23.8 Å². The van der Waals surface area contributed by atoms with Gasteiger partial charge in [0.15, 0.2) is 0 Å². The highest BCUT2D eigenvalue weighted by Gasteiger charge is 2.00. The summed E-state index contributed by atoms with van der Waals surface area (Å²) in [4.78, 5) is 13.6. The zero-order valence-corrected chi connectivity index (χ0v) is 11.4. The quantitative estimate of drug-likeness (QED) is 0.618. The molecule has 1 aromatic rings. The first-order chi connectivity index (χ1) is 8.59. The van der Waals surface area contributed by atoms with Crippen LogP contribution in [0.4, 0.5) is 5.69 Å². The Hall–Kier alpha value is -1.77. The molecule has 3 nitrogen and oxygen atoms in total. The number of carbonyl (C=O) groups excluding carboxylic acids is 1. The number of nitrogens with one attached hydrogen (secondary N) is 1. The molecular formula is C15H22N2O. The molecule has 3 heteroatoms. The van der Waals surface area contributed by atoms with E-state index >= 15 is 0 Å². The fourth-order valence-electron chi connectivity index (χ4n) is 1.65. The van der Waals surface area contributed by atoms with E-state index in [4.69, 9.17) is 0 Å². The maximum atomic E-state index is 11.4. The fraction of sp³-hybridized carbons (Fsp3) is 0.400. The minimum absolute atomic E-state index is 0.00244. The van der Waals surface area contributed by atoms with Crippen molar-refractivity contribution in [2.24, 2.45) is 0 Å². The first-order valence-corrected chi connectivity index (χ1v) is 6.28. The minimum Gasteiger partial charge on any atom is -0.375 e. The van der Waals surface area contributed by atoms with Crippen molar-refractivity contribution in [1.29, 1.82) is 0 Å². The monoisotopic (exact) mass is 246 g/mol. The van der Waals surface area contributed by atoms with E-state index in [1.807, 2.05) is 32.0 Å². The highest BCUT2D eigenvalue weighted by molar-refractivity contribution is 5.87. The van der Waals surface area contributed by atoms with E-state index in [-0.39, 0.29) is 5.91 Å². The molecule has 0 saturated carbocycles. The van der Waals surface area contributed by atoms with Gasteiger partial charge in [-0.3, -0.25) is 4.79 Å². The third-order valence-electron chi connectivity index (χ3n) is 2.59. The van der Waals surface area contributed by atoms with Gasteiger partial charge in [0.2, 0.25) is 5.91 Å². The van der Waals surface area contributed by atoms with E-state index in [2.05, 4.69) is 29.4 Å². The molecular weight excluding hydrogens is 224 g/mol. The van der Waals surface area contributed by atoms with E-state index < -0.39 is 0 Å². The lowest BCUT2D eigenvalue weighted by Gasteiger charge is -2.19. The van der Waals surface area contributed by atoms with Crippen molar-refractivity contribution in [2.75, 3.05) is 25.0 Å². The smallest absolute Gasteiger partial charge is 0.243 e. The SMILES string of the molecule is CC(C)=CC(=O)NCCCN(C)c1ccccc1. The summed E-state index contributed by atoms with van der Waals surface area (Å²) in [5, 5.41) is 2.88. The number of allylic oxidation sites excluding steroid dienone is 1. The number of rotatable bonds is 6. The van der Waals surface area contributed by atoms with Crippen molar-refractivity contribution >= 4 is 11.6 Å². The lowest BCUT2D eigenvalue weighted by molar-refractivity contribution is -0.116. The molecule has 1 N–H and O–H groups in total. The Labute approximate surface area is 109 Å². The van der Waals surface area contributed by atoms with Crippen molar-refractivity contribution < 1.29 is 4.79 Å².